The SMILES string of the molecule is CC1(C)C(C)(C)C12CCCC1NCCCC12. The molecule has 3 rings (SSSR count). The van der Waals surface area contributed by atoms with Crippen LogP contribution in [0.15, 0.2) is 0 Å². The third kappa shape index (κ3) is 0.978. The van der Waals surface area contributed by atoms with Gasteiger partial charge in [0.05, 0.1) is 0 Å². The van der Waals surface area contributed by atoms with Crippen molar-refractivity contribution in [1.82, 2.24) is 5.32 Å². The number of rotatable bonds is 0. The monoisotopic (exact) mass is 221 g/mol. The van der Waals surface area contributed by atoms with E-state index in [-0.39, 0.29) is 0 Å². The first-order valence-corrected chi connectivity index (χ1v) is 7.18. The van der Waals surface area contributed by atoms with E-state index in [0.717, 1.165) is 12.0 Å². The van der Waals surface area contributed by atoms with Gasteiger partial charge in [0.2, 0.25) is 0 Å². The quantitative estimate of drug-likeness (QED) is 0.659. The first-order valence-electron chi connectivity index (χ1n) is 7.18. The molecular formula is C15H27N. The Hall–Kier alpha value is -0.0400. The maximum Gasteiger partial charge on any atom is 0.0101 e. The third-order valence-corrected chi connectivity index (χ3v) is 7.03. The van der Waals surface area contributed by atoms with E-state index in [1.807, 2.05) is 0 Å². The number of piperidine rings is 1. The summed E-state index contributed by atoms with van der Waals surface area (Å²) in [5.41, 5.74) is 1.76. The Balaban J connectivity index is 1.96. The fourth-order valence-corrected chi connectivity index (χ4v) is 5.66. The largest absolute Gasteiger partial charge is 0.314 e. The fraction of sp³-hybridized carbons (Fsp3) is 1.00. The maximum atomic E-state index is 3.79. The average molecular weight is 221 g/mol. The molecule has 0 radical (unpaired) electrons. The van der Waals surface area contributed by atoms with Crippen LogP contribution in [0.2, 0.25) is 0 Å². The first-order chi connectivity index (χ1) is 7.45. The summed E-state index contributed by atoms with van der Waals surface area (Å²) in [5.74, 6) is 0.958. The van der Waals surface area contributed by atoms with Gasteiger partial charge in [-0.2, -0.15) is 0 Å². The van der Waals surface area contributed by atoms with Crippen LogP contribution in [0.5, 0.6) is 0 Å². The number of nitrogens with one attached hydrogen (secondary N) is 1. The van der Waals surface area contributed by atoms with Gasteiger partial charge < -0.3 is 5.32 Å². The van der Waals surface area contributed by atoms with Crippen LogP contribution in [0.25, 0.3) is 0 Å². The van der Waals surface area contributed by atoms with Gasteiger partial charge in [-0.25, -0.2) is 0 Å². The lowest BCUT2D eigenvalue weighted by molar-refractivity contribution is 0.0771. The van der Waals surface area contributed by atoms with Crippen molar-refractivity contribution in [2.75, 3.05) is 6.54 Å². The molecule has 1 saturated heterocycles. The zero-order chi connectivity index (χ0) is 11.6. The summed E-state index contributed by atoms with van der Waals surface area (Å²) < 4.78 is 0. The lowest BCUT2D eigenvalue weighted by atomic mass is 9.65. The molecule has 1 N–H and O–H groups in total. The zero-order valence-electron chi connectivity index (χ0n) is 11.4. The van der Waals surface area contributed by atoms with Gasteiger partial charge in [0, 0.05) is 6.04 Å². The van der Waals surface area contributed by atoms with Crippen molar-refractivity contribution < 1.29 is 0 Å². The average Bonchev–Trinajstić information content (AvgIpc) is 2.59. The highest BCUT2D eigenvalue weighted by Gasteiger charge is 2.79. The molecule has 0 amide bonds. The summed E-state index contributed by atoms with van der Waals surface area (Å²) >= 11 is 0. The van der Waals surface area contributed by atoms with Crippen molar-refractivity contribution in [1.29, 1.82) is 0 Å². The van der Waals surface area contributed by atoms with Crippen LogP contribution in [0.1, 0.15) is 59.8 Å². The molecule has 0 aromatic rings. The van der Waals surface area contributed by atoms with Gasteiger partial charge in [-0.15, -0.1) is 0 Å². The van der Waals surface area contributed by atoms with Crippen LogP contribution in [-0.4, -0.2) is 12.6 Å². The van der Waals surface area contributed by atoms with E-state index >= 15 is 0 Å². The van der Waals surface area contributed by atoms with Gasteiger partial charge in [-0.05, 0) is 54.4 Å². The van der Waals surface area contributed by atoms with E-state index in [0.29, 0.717) is 16.2 Å². The smallest absolute Gasteiger partial charge is 0.0101 e. The van der Waals surface area contributed by atoms with Gasteiger partial charge in [-0.1, -0.05) is 34.1 Å². The molecular weight excluding hydrogens is 194 g/mol. The summed E-state index contributed by atoms with van der Waals surface area (Å²) in [6.45, 7) is 11.3. The minimum atomic E-state index is 0.558. The summed E-state index contributed by atoms with van der Waals surface area (Å²) in [6, 6.07) is 0.837. The van der Waals surface area contributed by atoms with Gasteiger partial charge in [0.25, 0.3) is 0 Å². The Bertz CT molecular complexity index is 287. The molecule has 92 valence electrons. The molecule has 1 heterocycles. The van der Waals surface area contributed by atoms with Crippen LogP contribution in [0.4, 0.5) is 0 Å². The number of hydrogen-bond acceptors (Lipinski definition) is 1. The topological polar surface area (TPSA) is 12.0 Å². The van der Waals surface area contributed by atoms with E-state index in [2.05, 4.69) is 33.0 Å². The molecule has 3 fully saturated rings. The zero-order valence-corrected chi connectivity index (χ0v) is 11.4. The molecule has 2 saturated carbocycles. The standard InChI is InChI=1S/C15H27N/c1-13(2)14(3,4)15(13)9-5-8-12-11(15)7-6-10-16-12/h11-12,16H,5-10H2,1-4H3. The molecule has 1 spiro atoms. The molecule has 16 heavy (non-hydrogen) atoms. The molecule has 1 nitrogen and oxygen atoms in total. The number of fused-ring (bicyclic) bond motifs is 2. The molecule has 2 aliphatic carbocycles. The van der Waals surface area contributed by atoms with Crippen LogP contribution in [0, 0.1) is 22.2 Å². The molecule has 3 aliphatic rings. The Kier molecular flexibility index (Phi) is 2.11. The molecule has 0 aromatic heterocycles. The van der Waals surface area contributed by atoms with Crippen molar-refractivity contribution >= 4 is 0 Å². The molecule has 2 unspecified atom stereocenters. The second kappa shape index (κ2) is 3.04. The van der Waals surface area contributed by atoms with Crippen LogP contribution in [-0.2, 0) is 0 Å². The fourth-order valence-electron chi connectivity index (χ4n) is 5.66. The van der Waals surface area contributed by atoms with Crippen LogP contribution in [0.3, 0.4) is 0 Å². The molecule has 1 heteroatoms. The lowest BCUT2D eigenvalue weighted by Gasteiger charge is -2.45. The second-order valence-electron chi connectivity index (χ2n) is 7.42. The van der Waals surface area contributed by atoms with Crippen molar-refractivity contribution in [2.45, 2.75) is 65.8 Å². The Morgan fingerprint density at radius 3 is 2.25 bits per heavy atom. The van der Waals surface area contributed by atoms with E-state index < -0.39 is 0 Å². The minimum absolute atomic E-state index is 0.558. The van der Waals surface area contributed by atoms with Gasteiger partial charge in [0.15, 0.2) is 0 Å². The highest BCUT2D eigenvalue weighted by molar-refractivity contribution is 5.27. The van der Waals surface area contributed by atoms with Gasteiger partial charge >= 0.3 is 0 Å². The van der Waals surface area contributed by atoms with Crippen LogP contribution >= 0.6 is 0 Å². The van der Waals surface area contributed by atoms with Gasteiger partial charge in [0.1, 0.15) is 0 Å². The first kappa shape index (κ1) is 11.1. The Morgan fingerprint density at radius 2 is 1.62 bits per heavy atom. The molecule has 2 atom stereocenters. The Labute approximate surface area is 100 Å². The summed E-state index contributed by atoms with van der Waals surface area (Å²) in [4.78, 5) is 0. The second-order valence-corrected chi connectivity index (χ2v) is 7.42. The van der Waals surface area contributed by atoms with E-state index in [1.165, 1.54) is 38.6 Å². The van der Waals surface area contributed by atoms with Crippen molar-refractivity contribution in [3.63, 3.8) is 0 Å². The van der Waals surface area contributed by atoms with Crippen molar-refractivity contribution in [3.8, 4) is 0 Å². The highest BCUT2D eigenvalue weighted by Crippen LogP contribution is 2.84. The Morgan fingerprint density at radius 1 is 0.938 bits per heavy atom. The summed E-state index contributed by atoms with van der Waals surface area (Å²) in [7, 11) is 0. The normalized spacial score (nSPS) is 42.8. The highest BCUT2D eigenvalue weighted by atomic mass is 15.0. The maximum absolute atomic E-state index is 3.79. The molecule has 0 bridgehead atoms. The van der Waals surface area contributed by atoms with Crippen molar-refractivity contribution in [2.24, 2.45) is 22.2 Å². The third-order valence-electron chi connectivity index (χ3n) is 7.03. The molecule has 0 aromatic carbocycles. The van der Waals surface area contributed by atoms with Gasteiger partial charge in [-0.3, -0.25) is 0 Å². The summed E-state index contributed by atoms with van der Waals surface area (Å²) in [6.07, 6.45) is 7.23. The minimum Gasteiger partial charge on any atom is -0.314 e. The number of hydrogen-bond donors (Lipinski definition) is 1. The summed E-state index contributed by atoms with van der Waals surface area (Å²) in [5, 5.41) is 3.79. The predicted octanol–water partition coefficient (Wildman–Crippen LogP) is 3.59. The lowest BCUT2D eigenvalue weighted by Crippen LogP contribution is -2.49. The van der Waals surface area contributed by atoms with E-state index in [9.17, 15) is 0 Å². The van der Waals surface area contributed by atoms with E-state index in [1.54, 1.807) is 0 Å². The predicted molar refractivity (Wildman–Crippen MR) is 68.4 cm³/mol. The van der Waals surface area contributed by atoms with Crippen LogP contribution < -0.4 is 5.32 Å². The molecule has 1 aliphatic heterocycles. The van der Waals surface area contributed by atoms with E-state index in [4.69, 9.17) is 0 Å². The van der Waals surface area contributed by atoms with Crippen molar-refractivity contribution in [3.05, 3.63) is 0 Å².